The summed E-state index contributed by atoms with van der Waals surface area (Å²) in [5.41, 5.74) is -2.28. The van der Waals surface area contributed by atoms with Gasteiger partial charge >= 0.3 is 5.97 Å². The summed E-state index contributed by atoms with van der Waals surface area (Å²) in [6.07, 6.45) is -29.2. The van der Waals surface area contributed by atoms with E-state index in [-0.39, 0.29) is 47.5 Å². The van der Waals surface area contributed by atoms with Crippen molar-refractivity contribution in [1.29, 1.82) is 0 Å². The van der Waals surface area contributed by atoms with Crippen LogP contribution in [0.3, 0.4) is 0 Å². The number of hydrogen-bond acceptors (Lipinski definition) is 25. The summed E-state index contributed by atoms with van der Waals surface area (Å²) in [4.78, 5) is 15.4. The molecule has 25 heteroatoms. The van der Waals surface area contributed by atoms with Gasteiger partial charge in [-0.15, -0.1) is 0 Å². The third-order valence-electron chi connectivity index (χ3n) is 22.7. The molecule has 5 heterocycles. The van der Waals surface area contributed by atoms with Crippen molar-refractivity contribution in [2.75, 3.05) is 19.8 Å². The molecular weight excluding hydrogens is 1100 g/mol. The van der Waals surface area contributed by atoms with Crippen molar-refractivity contribution in [2.45, 2.75) is 274 Å². The molecular formula is C58H94O25. The Bertz CT molecular complexity index is 2330. The lowest BCUT2D eigenvalue weighted by molar-refractivity contribution is -0.374. The zero-order valence-corrected chi connectivity index (χ0v) is 49.0. The Morgan fingerprint density at radius 3 is 1.72 bits per heavy atom. The van der Waals surface area contributed by atoms with Gasteiger partial charge in [-0.1, -0.05) is 60.1 Å². The lowest BCUT2D eigenvalue weighted by atomic mass is 9.33. The van der Waals surface area contributed by atoms with E-state index in [2.05, 4.69) is 54.5 Å². The summed E-state index contributed by atoms with van der Waals surface area (Å²) >= 11 is 0. The number of hydrogen-bond donors (Lipinski definition) is 14. The Kier molecular flexibility index (Phi) is 18.0. The molecule has 83 heavy (non-hydrogen) atoms. The molecule has 14 N–H and O–H groups in total. The largest absolute Gasteiger partial charge is 0.432 e. The van der Waals surface area contributed by atoms with Crippen LogP contribution in [0.5, 0.6) is 0 Å². The van der Waals surface area contributed by atoms with Gasteiger partial charge < -0.3 is 119 Å². The summed E-state index contributed by atoms with van der Waals surface area (Å²) in [6.45, 7) is 17.2. The molecule has 0 aromatic rings. The smallest absolute Gasteiger partial charge is 0.317 e. The predicted molar refractivity (Wildman–Crippen MR) is 282 cm³/mol. The van der Waals surface area contributed by atoms with Crippen LogP contribution in [-0.2, 0) is 52.2 Å². The van der Waals surface area contributed by atoms with Gasteiger partial charge in [0.1, 0.15) is 97.0 Å². The van der Waals surface area contributed by atoms with E-state index in [1.807, 2.05) is 0 Å². The molecule has 9 fully saturated rings. The Morgan fingerprint density at radius 2 is 1.10 bits per heavy atom. The van der Waals surface area contributed by atoms with Crippen LogP contribution in [0.15, 0.2) is 11.6 Å². The van der Waals surface area contributed by atoms with Crippen LogP contribution in [0.1, 0.15) is 120 Å². The van der Waals surface area contributed by atoms with Crippen molar-refractivity contribution in [3.63, 3.8) is 0 Å². The molecule has 32 atom stereocenters. The van der Waals surface area contributed by atoms with E-state index in [0.717, 1.165) is 24.8 Å². The van der Waals surface area contributed by atoms with Gasteiger partial charge in [-0.05, 0) is 116 Å². The fourth-order valence-electron chi connectivity index (χ4n) is 17.5. The highest BCUT2D eigenvalue weighted by atomic mass is 16.8. The van der Waals surface area contributed by atoms with Gasteiger partial charge in [0.05, 0.1) is 44.2 Å². The molecule has 0 spiro atoms. The van der Waals surface area contributed by atoms with E-state index in [4.69, 9.17) is 47.4 Å². The molecule has 0 aromatic heterocycles. The zero-order valence-electron chi connectivity index (χ0n) is 49.0. The SMILES string of the molecule is C[C@@H]1O[C@H](O[C@@H]2CC[C@]3(C)[C@@H](CC[C@@]4(C)[C@H]3CC=C3[C@@H]5CC(C)(C)CC[C@]5(C(=O)O[C@H]5OC[C@@H](O)[C@@H](O)[C@@H]5O[C@@H]5O[C@H](C)[C@@H](O[C@H]6O[C@H](CO)[C@H](O)[C@@H](O)[C@H]6O)[C@H](O)[C@@H]5O)[C@@H](O)C[C@@]34C)C2(C)C)[C@@H](O)[C@@H](O)[C@H]1O[C@H]1OC[C@@H](O)[C@@H](O)[C@H]1O. The van der Waals surface area contributed by atoms with Gasteiger partial charge in [-0.3, -0.25) is 4.79 Å². The van der Waals surface area contributed by atoms with E-state index in [0.29, 0.717) is 25.7 Å². The van der Waals surface area contributed by atoms with Crippen LogP contribution in [-0.4, -0.2) is 251 Å². The van der Waals surface area contributed by atoms with E-state index in [9.17, 15) is 71.5 Å². The summed E-state index contributed by atoms with van der Waals surface area (Å²) in [7, 11) is 0. The van der Waals surface area contributed by atoms with E-state index < -0.39 is 195 Å². The molecule has 476 valence electrons. The zero-order chi connectivity index (χ0) is 60.6. The number of rotatable bonds is 11. The van der Waals surface area contributed by atoms with Gasteiger partial charge in [0.25, 0.3) is 0 Å². The molecule has 5 saturated heterocycles. The fraction of sp³-hybridized carbons (Fsp3) is 0.948. The van der Waals surface area contributed by atoms with Crippen molar-refractivity contribution in [3.05, 3.63) is 11.6 Å². The van der Waals surface area contributed by atoms with Crippen LogP contribution in [0.2, 0.25) is 0 Å². The third kappa shape index (κ3) is 10.6. The van der Waals surface area contributed by atoms with Crippen molar-refractivity contribution >= 4 is 5.97 Å². The average Bonchev–Trinajstić information content (AvgIpc) is 2.08. The van der Waals surface area contributed by atoms with Crippen molar-refractivity contribution < 1.29 is 124 Å². The molecule has 4 saturated carbocycles. The third-order valence-corrected chi connectivity index (χ3v) is 22.7. The van der Waals surface area contributed by atoms with Crippen LogP contribution >= 0.6 is 0 Å². The number of carbonyl (C=O) groups is 1. The van der Waals surface area contributed by atoms with Crippen molar-refractivity contribution in [3.8, 4) is 0 Å². The highest BCUT2D eigenvalue weighted by Gasteiger charge is 2.72. The number of esters is 1. The Hall–Kier alpha value is -1.71. The molecule has 0 bridgehead atoms. The van der Waals surface area contributed by atoms with Crippen molar-refractivity contribution in [2.24, 2.45) is 50.2 Å². The number of carbonyl (C=O) groups excluding carboxylic acids is 1. The van der Waals surface area contributed by atoms with Gasteiger partial charge in [-0.2, -0.15) is 0 Å². The summed E-state index contributed by atoms with van der Waals surface area (Å²) < 4.78 is 59.6. The van der Waals surface area contributed by atoms with Crippen LogP contribution in [0.25, 0.3) is 0 Å². The summed E-state index contributed by atoms with van der Waals surface area (Å²) in [5.74, 6) is -1.00. The number of ether oxygens (including phenoxy) is 10. The standard InChI is InChI=1S/C58H94O25/c1-23-44(80-47-40(69)34(63)27(60)21-74-47)38(67)42(71)48(76-23)79-33-13-14-55(7)30(54(33,5)6)12-15-56(8)31(55)11-10-25-26-18-53(3,4)16-17-58(26,32(62)19-57(25,56)9)52(73)83-51-46(35(64)28(61)22-75-51)82-49-43(72)39(68)45(24(2)77-49)81-50-41(70)37(66)36(65)29(20-59)78-50/h10,23-24,26-51,59-72H,11-22H2,1-9H3/t23-,24+,26-,27+,28+,29+,30-,31-,32-,33+,34+,35+,36-,37+,38+,39+,40+,41+,42-,43-,44-,45+,46-,47+,48+,49-,50+,51+,55+,56-,57-,58+/m0/s1. The number of fused-ring (bicyclic) bond motifs is 7. The molecule has 25 nitrogen and oxygen atoms in total. The van der Waals surface area contributed by atoms with Crippen LogP contribution < -0.4 is 0 Å². The fourth-order valence-corrected chi connectivity index (χ4v) is 17.5. The van der Waals surface area contributed by atoms with Gasteiger partial charge in [-0.25, -0.2) is 0 Å². The maximum Gasteiger partial charge on any atom is 0.317 e. The lowest BCUT2D eigenvalue weighted by Crippen LogP contribution is -2.68. The Labute approximate surface area is 483 Å². The minimum Gasteiger partial charge on any atom is -0.432 e. The molecule has 0 aromatic carbocycles. The quantitative estimate of drug-likeness (QED) is 0.0610. The average molecular weight is 1190 g/mol. The molecule has 0 amide bonds. The number of allylic oxidation sites excluding steroid dienone is 2. The molecule has 0 unspecified atom stereocenters. The molecule has 5 aliphatic carbocycles. The summed E-state index contributed by atoms with van der Waals surface area (Å²) in [6, 6.07) is 0. The normalized spacial score (nSPS) is 55.1. The monoisotopic (exact) mass is 1190 g/mol. The topological polar surface area (TPSA) is 393 Å². The first-order valence-electron chi connectivity index (χ1n) is 30.0. The highest BCUT2D eigenvalue weighted by molar-refractivity contribution is 5.80. The van der Waals surface area contributed by atoms with Gasteiger partial charge in [0, 0.05) is 0 Å². The molecule has 10 rings (SSSR count). The predicted octanol–water partition coefficient (Wildman–Crippen LogP) is -1.91. The van der Waals surface area contributed by atoms with Crippen LogP contribution in [0.4, 0.5) is 0 Å². The van der Waals surface area contributed by atoms with Crippen LogP contribution in [0, 0.1) is 50.2 Å². The highest BCUT2D eigenvalue weighted by Crippen LogP contribution is 2.76. The van der Waals surface area contributed by atoms with Gasteiger partial charge in [0.2, 0.25) is 6.29 Å². The Morgan fingerprint density at radius 1 is 0.554 bits per heavy atom. The van der Waals surface area contributed by atoms with Crippen molar-refractivity contribution in [1.82, 2.24) is 0 Å². The molecule has 10 aliphatic rings. The van der Waals surface area contributed by atoms with Gasteiger partial charge in [0.15, 0.2) is 31.3 Å². The maximum absolute atomic E-state index is 15.4. The summed E-state index contributed by atoms with van der Waals surface area (Å²) in [5, 5.41) is 152. The first-order chi connectivity index (χ1) is 38.8. The first kappa shape index (κ1) is 64.3. The number of aliphatic hydroxyl groups excluding tert-OH is 14. The second kappa shape index (κ2) is 23.3. The minimum absolute atomic E-state index is 0.129. The second-order valence-electron chi connectivity index (χ2n) is 28.3. The van der Waals surface area contributed by atoms with E-state index in [1.54, 1.807) is 6.92 Å². The Balaban J connectivity index is 0.845. The minimum atomic E-state index is -1.93. The number of aliphatic hydroxyl groups is 14. The second-order valence-corrected chi connectivity index (χ2v) is 28.3. The lowest BCUT2D eigenvalue weighted by Gasteiger charge is -2.71. The molecule has 0 radical (unpaired) electrons. The van der Waals surface area contributed by atoms with E-state index in [1.165, 1.54) is 6.92 Å². The molecule has 5 aliphatic heterocycles. The first-order valence-corrected chi connectivity index (χ1v) is 30.0. The van der Waals surface area contributed by atoms with E-state index >= 15 is 4.79 Å². The maximum atomic E-state index is 15.4.